The highest BCUT2D eigenvalue weighted by Gasteiger charge is 2.39. The summed E-state index contributed by atoms with van der Waals surface area (Å²) in [6.07, 6.45) is 3.91. The van der Waals surface area contributed by atoms with Gasteiger partial charge in [-0.3, -0.25) is 9.59 Å². The van der Waals surface area contributed by atoms with Crippen LogP contribution in [0.5, 0.6) is 0 Å². The predicted molar refractivity (Wildman–Crippen MR) is 102 cm³/mol. The molecule has 136 valence electrons. The lowest BCUT2D eigenvalue weighted by Gasteiger charge is -2.09. The van der Waals surface area contributed by atoms with Crippen molar-refractivity contribution in [2.24, 2.45) is 11.8 Å². The molecule has 4 rings (SSSR count). The van der Waals surface area contributed by atoms with Crippen molar-refractivity contribution < 1.29 is 14.0 Å². The van der Waals surface area contributed by atoms with Crippen molar-refractivity contribution in [3.63, 3.8) is 0 Å². The first-order valence-corrected chi connectivity index (χ1v) is 8.81. The van der Waals surface area contributed by atoms with Crippen LogP contribution in [-0.2, 0) is 4.79 Å². The standard InChI is InChI=1S/C21H19N3O3/c1-13-8-18(13)21(26)24-17-7-3-5-15(10-17)20(25)23-16-6-2-4-14(9-16)19-11-22-12-27-19/h2-7,9-13,18H,8H2,1H3,(H,23,25)(H,24,26)/t13-,18-/m1/s1. The number of hydrogen-bond acceptors (Lipinski definition) is 4. The summed E-state index contributed by atoms with van der Waals surface area (Å²) in [7, 11) is 0. The van der Waals surface area contributed by atoms with Gasteiger partial charge in [-0.05, 0) is 42.7 Å². The molecule has 6 heteroatoms. The molecule has 1 heterocycles. The lowest BCUT2D eigenvalue weighted by molar-refractivity contribution is -0.117. The van der Waals surface area contributed by atoms with Crippen molar-refractivity contribution in [1.29, 1.82) is 0 Å². The minimum Gasteiger partial charge on any atom is -0.444 e. The summed E-state index contributed by atoms with van der Waals surface area (Å²) in [5.41, 5.74) is 2.57. The summed E-state index contributed by atoms with van der Waals surface area (Å²) in [5.74, 6) is 0.917. The minimum atomic E-state index is -0.249. The Morgan fingerprint density at radius 1 is 1.07 bits per heavy atom. The molecule has 2 aromatic carbocycles. The number of rotatable bonds is 5. The first kappa shape index (κ1) is 17.0. The van der Waals surface area contributed by atoms with Gasteiger partial charge in [-0.1, -0.05) is 25.1 Å². The maximum absolute atomic E-state index is 12.6. The van der Waals surface area contributed by atoms with Gasteiger partial charge in [0.1, 0.15) is 0 Å². The van der Waals surface area contributed by atoms with Gasteiger partial charge in [-0.25, -0.2) is 4.98 Å². The average molecular weight is 361 g/mol. The number of anilines is 2. The number of carbonyl (C=O) groups is 2. The summed E-state index contributed by atoms with van der Waals surface area (Å²) in [5, 5.41) is 5.75. The van der Waals surface area contributed by atoms with Gasteiger partial charge >= 0.3 is 0 Å². The molecule has 0 spiro atoms. The lowest BCUT2D eigenvalue weighted by atomic mass is 10.1. The van der Waals surface area contributed by atoms with Crippen LogP contribution in [0.15, 0.2) is 65.5 Å². The van der Waals surface area contributed by atoms with Crippen LogP contribution >= 0.6 is 0 Å². The highest BCUT2D eigenvalue weighted by Crippen LogP contribution is 2.38. The Balaban J connectivity index is 1.46. The molecule has 1 fully saturated rings. The third kappa shape index (κ3) is 3.89. The van der Waals surface area contributed by atoms with Crippen molar-refractivity contribution in [1.82, 2.24) is 4.98 Å². The van der Waals surface area contributed by atoms with E-state index in [0.717, 1.165) is 12.0 Å². The van der Waals surface area contributed by atoms with E-state index in [0.29, 0.717) is 28.6 Å². The number of nitrogens with zero attached hydrogens (tertiary/aromatic N) is 1. The number of carbonyl (C=O) groups excluding carboxylic acids is 2. The molecule has 0 bridgehead atoms. The third-order valence-electron chi connectivity index (χ3n) is 4.68. The van der Waals surface area contributed by atoms with E-state index in [1.165, 1.54) is 6.39 Å². The van der Waals surface area contributed by atoms with E-state index >= 15 is 0 Å². The fraction of sp³-hybridized carbons (Fsp3) is 0.190. The highest BCUT2D eigenvalue weighted by atomic mass is 16.3. The quantitative estimate of drug-likeness (QED) is 0.714. The Labute approximate surface area is 156 Å². The number of nitrogens with one attached hydrogen (secondary N) is 2. The fourth-order valence-electron chi connectivity index (χ4n) is 2.97. The molecule has 1 aliphatic carbocycles. The lowest BCUT2D eigenvalue weighted by Crippen LogP contribution is -2.16. The molecule has 1 saturated carbocycles. The zero-order valence-electron chi connectivity index (χ0n) is 14.8. The van der Waals surface area contributed by atoms with E-state index in [4.69, 9.17) is 4.42 Å². The molecule has 0 unspecified atom stereocenters. The second kappa shape index (κ2) is 7.07. The molecule has 3 aromatic rings. The van der Waals surface area contributed by atoms with Crippen LogP contribution in [0, 0.1) is 11.8 Å². The minimum absolute atomic E-state index is 0.0137. The zero-order valence-corrected chi connectivity index (χ0v) is 14.8. The number of amides is 2. The molecule has 1 aromatic heterocycles. The van der Waals surface area contributed by atoms with Crippen LogP contribution in [-0.4, -0.2) is 16.8 Å². The molecule has 1 aliphatic rings. The molecule has 0 aliphatic heterocycles. The number of oxazole rings is 1. The van der Waals surface area contributed by atoms with Crippen molar-refractivity contribution >= 4 is 23.2 Å². The van der Waals surface area contributed by atoms with E-state index in [1.807, 2.05) is 18.2 Å². The first-order chi connectivity index (χ1) is 13.1. The van der Waals surface area contributed by atoms with Crippen molar-refractivity contribution in [2.45, 2.75) is 13.3 Å². The van der Waals surface area contributed by atoms with Gasteiger partial charge in [0.2, 0.25) is 5.91 Å². The Bertz CT molecular complexity index is 982. The molecule has 2 atom stereocenters. The van der Waals surface area contributed by atoms with Crippen LogP contribution < -0.4 is 10.6 Å². The summed E-state index contributed by atoms with van der Waals surface area (Å²) < 4.78 is 5.28. The molecule has 6 nitrogen and oxygen atoms in total. The number of benzene rings is 2. The largest absolute Gasteiger partial charge is 0.444 e. The van der Waals surface area contributed by atoms with Gasteiger partial charge < -0.3 is 15.1 Å². The molecule has 27 heavy (non-hydrogen) atoms. The van der Waals surface area contributed by atoms with Gasteiger partial charge in [-0.2, -0.15) is 0 Å². The van der Waals surface area contributed by atoms with Crippen LogP contribution in [0.1, 0.15) is 23.7 Å². The summed E-state index contributed by atoms with van der Waals surface area (Å²) in [4.78, 5) is 28.6. The van der Waals surface area contributed by atoms with Gasteiger partial charge in [0.05, 0.1) is 6.20 Å². The van der Waals surface area contributed by atoms with E-state index in [2.05, 4.69) is 22.5 Å². The maximum atomic E-state index is 12.6. The zero-order chi connectivity index (χ0) is 18.8. The van der Waals surface area contributed by atoms with Crippen LogP contribution in [0.2, 0.25) is 0 Å². The number of aromatic nitrogens is 1. The maximum Gasteiger partial charge on any atom is 0.255 e. The van der Waals surface area contributed by atoms with Crippen LogP contribution in [0.4, 0.5) is 11.4 Å². The topological polar surface area (TPSA) is 84.2 Å². The van der Waals surface area contributed by atoms with Gasteiger partial charge in [0, 0.05) is 28.4 Å². The first-order valence-electron chi connectivity index (χ1n) is 8.81. The second-order valence-electron chi connectivity index (χ2n) is 6.79. The second-order valence-corrected chi connectivity index (χ2v) is 6.79. The molecule has 0 saturated heterocycles. The SMILES string of the molecule is C[C@@H]1C[C@H]1C(=O)Nc1cccc(C(=O)Nc2cccc(-c3cnco3)c2)c1. The van der Waals surface area contributed by atoms with E-state index in [-0.39, 0.29) is 17.7 Å². The highest BCUT2D eigenvalue weighted by molar-refractivity contribution is 6.05. The van der Waals surface area contributed by atoms with E-state index in [1.54, 1.807) is 36.5 Å². The summed E-state index contributed by atoms with van der Waals surface area (Å²) >= 11 is 0. The average Bonchev–Trinajstić information content (AvgIpc) is 3.17. The Hall–Kier alpha value is -3.41. The third-order valence-corrected chi connectivity index (χ3v) is 4.68. The normalized spacial score (nSPS) is 18.0. The van der Waals surface area contributed by atoms with Gasteiger partial charge in [0.25, 0.3) is 5.91 Å². The summed E-state index contributed by atoms with van der Waals surface area (Å²) in [6, 6.07) is 14.3. The van der Waals surface area contributed by atoms with Gasteiger partial charge in [0.15, 0.2) is 12.2 Å². The molecule has 0 radical (unpaired) electrons. The predicted octanol–water partition coefficient (Wildman–Crippen LogP) is 4.19. The molecule has 2 N–H and O–H groups in total. The van der Waals surface area contributed by atoms with Crippen molar-refractivity contribution in [3.05, 3.63) is 66.7 Å². The van der Waals surface area contributed by atoms with Crippen LogP contribution in [0.3, 0.4) is 0 Å². The van der Waals surface area contributed by atoms with Crippen molar-refractivity contribution in [2.75, 3.05) is 10.6 Å². The van der Waals surface area contributed by atoms with Crippen molar-refractivity contribution in [3.8, 4) is 11.3 Å². The van der Waals surface area contributed by atoms with E-state index in [9.17, 15) is 9.59 Å². The molecular formula is C21H19N3O3. The Kier molecular flexibility index (Phi) is 4.46. The van der Waals surface area contributed by atoms with E-state index < -0.39 is 0 Å². The monoisotopic (exact) mass is 361 g/mol. The Morgan fingerprint density at radius 3 is 2.52 bits per heavy atom. The smallest absolute Gasteiger partial charge is 0.255 e. The fourth-order valence-corrected chi connectivity index (χ4v) is 2.97. The van der Waals surface area contributed by atoms with Gasteiger partial charge in [-0.15, -0.1) is 0 Å². The molecular weight excluding hydrogens is 342 g/mol. The summed E-state index contributed by atoms with van der Waals surface area (Å²) in [6.45, 7) is 2.06. The van der Waals surface area contributed by atoms with Crippen LogP contribution in [0.25, 0.3) is 11.3 Å². The molecule has 2 amide bonds. The number of hydrogen-bond donors (Lipinski definition) is 2. The Morgan fingerprint density at radius 2 is 1.81 bits per heavy atom.